The van der Waals surface area contributed by atoms with Crippen LogP contribution >= 0.6 is 0 Å². The maximum Gasteiger partial charge on any atom is 0.292 e. The second-order valence-electron chi connectivity index (χ2n) is 5.90. The first kappa shape index (κ1) is 14.5. The van der Waals surface area contributed by atoms with E-state index in [9.17, 15) is 9.90 Å². The van der Waals surface area contributed by atoms with Crippen molar-refractivity contribution >= 4 is 5.91 Å². The monoisotopic (exact) mass is 294 g/mol. The lowest BCUT2D eigenvalue weighted by Crippen LogP contribution is -2.56. The highest BCUT2D eigenvalue weighted by atomic mass is 16.5. The molecule has 2 aliphatic rings. The van der Waals surface area contributed by atoms with Gasteiger partial charge in [0.15, 0.2) is 0 Å². The molecule has 0 radical (unpaired) electrons. The molecular weight excluding hydrogens is 272 g/mol. The highest BCUT2D eigenvalue weighted by Gasteiger charge is 2.44. The molecule has 1 spiro atoms. The third-order valence-electron chi connectivity index (χ3n) is 4.65. The van der Waals surface area contributed by atoms with Crippen LogP contribution in [0.5, 0.6) is 0 Å². The van der Waals surface area contributed by atoms with Crippen molar-refractivity contribution in [2.45, 2.75) is 50.7 Å². The number of aliphatic hydroxyl groups is 1. The number of carbonyl (C=O) groups is 1. The summed E-state index contributed by atoms with van der Waals surface area (Å²) in [5, 5.41) is 14.1. The van der Waals surface area contributed by atoms with E-state index in [4.69, 9.17) is 9.26 Å². The van der Waals surface area contributed by atoms with E-state index in [2.05, 4.69) is 5.16 Å². The Bertz CT molecular complexity index is 506. The van der Waals surface area contributed by atoms with Gasteiger partial charge in [-0.25, -0.2) is 0 Å². The molecule has 1 amide bonds. The summed E-state index contributed by atoms with van der Waals surface area (Å²) in [6.07, 6.45) is 3.38. The minimum absolute atomic E-state index is 0.123. The third-order valence-corrected chi connectivity index (χ3v) is 4.65. The number of rotatable bonds is 2. The van der Waals surface area contributed by atoms with Gasteiger partial charge in [-0.05, 0) is 32.1 Å². The maximum absolute atomic E-state index is 12.4. The topological polar surface area (TPSA) is 75.8 Å². The van der Waals surface area contributed by atoms with Crippen molar-refractivity contribution in [3.63, 3.8) is 0 Å². The van der Waals surface area contributed by atoms with Crippen molar-refractivity contribution in [3.8, 4) is 0 Å². The van der Waals surface area contributed by atoms with E-state index in [-0.39, 0.29) is 5.91 Å². The summed E-state index contributed by atoms with van der Waals surface area (Å²) in [6.45, 7) is 3.83. The standard InChI is InChI=1S/C15H22N2O4/c1-2-11-10-12(21-16-11)14(19)17-7-5-15(6-8-17)13(18)4-3-9-20-15/h10,13,18H,2-9H2,1H3/t13-/m0/s1. The third kappa shape index (κ3) is 2.70. The first-order chi connectivity index (χ1) is 10.1. The Morgan fingerprint density at radius 1 is 1.52 bits per heavy atom. The van der Waals surface area contributed by atoms with Crippen LogP contribution in [0.3, 0.4) is 0 Å². The molecule has 21 heavy (non-hydrogen) atoms. The van der Waals surface area contributed by atoms with Crippen LogP contribution in [0.25, 0.3) is 0 Å². The van der Waals surface area contributed by atoms with E-state index in [1.807, 2.05) is 6.92 Å². The summed E-state index contributed by atoms with van der Waals surface area (Å²) >= 11 is 0. The zero-order chi connectivity index (χ0) is 14.9. The number of hydrogen-bond acceptors (Lipinski definition) is 5. The number of piperidine rings is 1. The molecule has 1 aromatic heterocycles. The Morgan fingerprint density at radius 3 is 2.90 bits per heavy atom. The molecule has 0 aromatic carbocycles. The molecule has 6 nitrogen and oxygen atoms in total. The number of nitrogens with zero attached hydrogens (tertiary/aromatic N) is 2. The number of amides is 1. The Labute approximate surface area is 124 Å². The average Bonchev–Trinajstić information content (AvgIpc) is 2.99. The van der Waals surface area contributed by atoms with Gasteiger partial charge >= 0.3 is 0 Å². The minimum Gasteiger partial charge on any atom is -0.390 e. The van der Waals surface area contributed by atoms with Gasteiger partial charge in [0.05, 0.1) is 17.4 Å². The molecule has 0 unspecified atom stereocenters. The van der Waals surface area contributed by atoms with Crippen LogP contribution in [0.15, 0.2) is 10.6 Å². The number of carbonyl (C=O) groups excluding carboxylic acids is 1. The van der Waals surface area contributed by atoms with Gasteiger partial charge in [-0.15, -0.1) is 0 Å². The van der Waals surface area contributed by atoms with Crippen LogP contribution in [0, 0.1) is 0 Å². The normalized spacial score (nSPS) is 25.2. The summed E-state index contributed by atoms with van der Waals surface area (Å²) in [5.74, 6) is 0.176. The Balaban J connectivity index is 1.63. The smallest absolute Gasteiger partial charge is 0.292 e. The molecule has 0 bridgehead atoms. The van der Waals surface area contributed by atoms with Crippen molar-refractivity contribution in [2.24, 2.45) is 0 Å². The summed E-state index contributed by atoms with van der Waals surface area (Å²) in [5.41, 5.74) is 0.336. The maximum atomic E-state index is 12.4. The number of aromatic nitrogens is 1. The van der Waals surface area contributed by atoms with Crippen molar-refractivity contribution in [1.82, 2.24) is 10.1 Å². The lowest BCUT2D eigenvalue weighted by Gasteiger charge is -2.46. The first-order valence-corrected chi connectivity index (χ1v) is 7.71. The molecule has 2 aliphatic heterocycles. The average molecular weight is 294 g/mol. The summed E-state index contributed by atoms with van der Waals surface area (Å²) < 4.78 is 11.0. The molecule has 1 aromatic rings. The molecule has 3 rings (SSSR count). The summed E-state index contributed by atoms with van der Waals surface area (Å²) in [4.78, 5) is 14.1. The van der Waals surface area contributed by atoms with Crippen LogP contribution < -0.4 is 0 Å². The predicted molar refractivity (Wildman–Crippen MR) is 74.9 cm³/mol. The van der Waals surface area contributed by atoms with Crippen LogP contribution in [-0.4, -0.2) is 52.5 Å². The van der Waals surface area contributed by atoms with E-state index >= 15 is 0 Å². The lowest BCUT2D eigenvalue weighted by molar-refractivity contribution is -0.174. The predicted octanol–water partition coefficient (Wildman–Crippen LogP) is 1.38. The summed E-state index contributed by atoms with van der Waals surface area (Å²) in [6, 6.07) is 1.71. The van der Waals surface area contributed by atoms with E-state index < -0.39 is 11.7 Å². The van der Waals surface area contributed by atoms with E-state index in [1.54, 1.807) is 11.0 Å². The number of aryl methyl sites for hydroxylation is 1. The molecule has 1 N–H and O–H groups in total. The zero-order valence-corrected chi connectivity index (χ0v) is 12.4. The first-order valence-electron chi connectivity index (χ1n) is 7.71. The van der Waals surface area contributed by atoms with Gasteiger partial charge in [-0.2, -0.15) is 0 Å². The van der Waals surface area contributed by atoms with E-state index in [0.717, 1.165) is 25.0 Å². The highest BCUT2D eigenvalue weighted by molar-refractivity contribution is 5.91. The van der Waals surface area contributed by atoms with Crippen LogP contribution in [0.1, 0.15) is 48.9 Å². The Kier molecular flexibility index (Phi) is 3.99. The van der Waals surface area contributed by atoms with Gasteiger partial charge in [0.2, 0.25) is 5.76 Å². The van der Waals surface area contributed by atoms with Gasteiger partial charge in [0.1, 0.15) is 0 Å². The van der Waals surface area contributed by atoms with E-state index in [1.165, 1.54) is 0 Å². The zero-order valence-electron chi connectivity index (χ0n) is 12.4. The van der Waals surface area contributed by atoms with Gasteiger partial charge in [-0.1, -0.05) is 12.1 Å². The van der Waals surface area contributed by atoms with Gasteiger partial charge in [-0.3, -0.25) is 4.79 Å². The molecule has 2 fully saturated rings. The van der Waals surface area contributed by atoms with Crippen molar-refractivity contribution < 1.29 is 19.2 Å². The Morgan fingerprint density at radius 2 is 2.29 bits per heavy atom. The van der Waals surface area contributed by atoms with Gasteiger partial charge in [0, 0.05) is 25.8 Å². The molecule has 3 heterocycles. The number of aliphatic hydroxyl groups excluding tert-OH is 1. The summed E-state index contributed by atoms with van der Waals surface area (Å²) in [7, 11) is 0. The van der Waals surface area contributed by atoms with Crippen LogP contribution in [-0.2, 0) is 11.2 Å². The largest absolute Gasteiger partial charge is 0.390 e. The van der Waals surface area contributed by atoms with Crippen molar-refractivity contribution in [2.75, 3.05) is 19.7 Å². The molecule has 6 heteroatoms. The van der Waals surface area contributed by atoms with E-state index in [0.29, 0.717) is 38.3 Å². The molecule has 116 valence electrons. The number of hydrogen-bond donors (Lipinski definition) is 1. The fourth-order valence-corrected chi connectivity index (χ4v) is 3.21. The molecule has 2 saturated heterocycles. The fraction of sp³-hybridized carbons (Fsp3) is 0.733. The molecular formula is C15H22N2O4. The van der Waals surface area contributed by atoms with Gasteiger partial charge in [0.25, 0.3) is 5.91 Å². The lowest BCUT2D eigenvalue weighted by atomic mass is 9.82. The number of likely N-dealkylation sites (tertiary alicyclic amines) is 1. The van der Waals surface area contributed by atoms with Gasteiger partial charge < -0.3 is 19.3 Å². The van der Waals surface area contributed by atoms with Crippen molar-refractivity contribution in [1.29, 1.82) is 0 Å². The SMILES string of the molecule is CCc1cc(C(=O)N2CCC3(CC2)OCCC[C@@H]3O)on1. The Hall–Kier alpha value is -1.40. The quantitative estimate of drug-likeness (QED) is 0.892. The van der Waals surface area contributed by atoms with Crippen molar-refractivity contribution in [3.05, 3.63) is 17.5 Å². The molecule has 1 atom stereocenters. The van der Waals surface area contributed by atoms with Crippen LogP contribution in [0.4, 0.5) is 0 Å². The second-order valence-corrected chi connectivity index (χ2v) is 5.90. The highest BCUT2D eigenvalue weighted by Crippen LogP contribution is 2.35. The minimum atomic E-state index is -0.453. The van der Waals surface area contributed by atoms with Crippen LogP contribution in [0.2, 0.25) is 0 Å². The molecule has 0 aliphatic carbocycles. The number of ether oxygens (including phenoxy) is 1. The second kappa shape index (κ2) is 5.77. The molecule has 0 saturated carbocycles. The fourth-order valence-electron chi connectivity index (χ4n) is 3.21.